The predicted molar refractivity (Wildman–Crippen MR) is 80.1 cm³/mol. The van der Waals surface area contributed by atoms with Crippen molar-refractivity contribution >= 4 is 5.82 Å². The van der Waals surface area contributed by atoms with Gasteiger partial charge in [-0.2, -0.15) is 0 Å². The van der Waals surface area contributed by atoms with Crippen molar-refractivity contribution in [3.8, 4) is 0 Å². The van der Waals surface area contributed by atoms with Crippen LogP contribution in [0.3, 0.4) is 0 Å². The molecular weight excluding hydrogens is 248 g/mol. The molecule has 20 heavy (non-hydrogen) atoms. The van der Waals surface area contributed by atoms with Gasteiger partial charge in [-0.1, -0.05) is 6.07 Å². The number of pyridine rings is 1. The summed E-state index contributed by atoms with van der Waals surface area (Å²) >= 11 is 0. The zero-order chi connectivity index (χ0) is 14.1. The summed E-state index contributed by atoms with van der Waals surface area (Å²) < 4.78 is 0. The first-order chi connectivity index (χ1) is 9.70. The van der Waals surface area contributed by atoms with Gasteiger partial charge in [-0.05, 0) is 45.2 Å². The van der Waals surface area contributed by atoms with Crippen LogP contribution in [0, 0.1) is 13.8 Å². The van der Waals surface area contributed by atoms with Gasteiger partial charge in [-0.25, -0.2) is 9.97 Å². The summed E-state index contributed by atoms with van der Waals surface area (Å²) in [5.41, 5.74) is 4.83. The number of hydrogen-bond donors (Lipinski definition) is 1. The standard InChI is InChI=1S/C16H20N4/c1-4-17-16-10(2)14(19-11(3)20-16)13-8-7-12-6-5-9-18-15(12)13/h5-6,9,13H,4,7-8H2,1-3H3,(H,17,19,20). The molecule has 104 valence electrons. The van der Waals surface area contributed by atoms with Gasteiger partial charge in [0.1, 0.15) is 11.6 Å². The predicted octanol–water partition coefficient (Wildman–Crippen LogP) is 3.00. The Kier molecular flexibility index (Phi) is 3.38. The van der Waals surface area contributed by atoms with Crippen LogP contribution in [0.5, 0.6) is 0 Å². The van der Waals surface area contributed by atoms with E-state index >= 15 is 0 Å². The van der Waals surface area contributed by atoms with E-state index in [9.17, 15) is 0 Å². The third kappa shape index (κ3) is 2.15. The summed E-state index contributed by atoms with van der Waals surface area (Å²) in [7, 11) is 0. The average Bonchev–Trinajstić information content (AvgIpc) is 2.86. The third-order valence-electron chi connectivity index (χ3n) is 3.93. The molecule has 0 amide bonds. The summed E-state index contributed by atoms with van der Waals surface area (Å²) in [5, 5.41) is 3.33. The van der Waals surface area contributed by atoms with Crippen LogP contribution < -0.4 is 5.32 Å². The van der Waals surface area contributed by atoms with Crippen molar-refractivity contribution in [3.63, 3.8) is 0 Å². The molecule has 0 aromatic carbocycles. The fourth-order valence-corrected chi connectivity index (χ4v) is 3.01. The van der Waals surface area contributed by atoms with E-state index in [0.29, 0.717) is 5.92 Å². The van der Waals surface area contributed by atoms with Crippen molar-refractivity contribution < 1.29 is 0 Å². The quantitative estimate of drug-likeness (QED) is 0.929. The highest BCUT2D eigenvalue weighted by atomic mass is 15.0. The molecule has 0 fully saturated rings. The Bertz CT molecular complexity index is 636. The second-order valence-electron chi connectivity index (χ2n) is 5.30. The van der Waals surface area contributed by atoms with Gasteiger partial charge in [0.25, 0.3) is 0 Å². The number of nitrogens with zero attached hydrogens (tertiary/aromatic N) is 3. The van der Waals surface area contributed by atoms with Crippen molar-refractivity contribution in [1.82, 2.24) is 15.0 Å². The molecule has 1 atom stereocenters. The first kappa shape index (κ1) is 13.0. The number of fused-ring (bicyclic) bond motifs is 1. The molecule has 2 aromatic heterocycles. The Hall–Kier alpha value is -1.97. The van der Waals surface area contributed by atoms with Gasteiger partial charge < -0.3 is 5.32 Å². The lowest BCUT2D eigenvalue weighted by Gasteiger charge is -2.16. The average molecular weight is 268 g/mol. The van der Waals surface area contributed by atoms with E-state index in [4.69, 9.17) is 4.98 Å². The number of aromatic nitrogens is 3. The van der Waals surface area contributed by atoms with Crippen LogP contribution in [0.2, 0.25) is 0 Å². The second-order valence-corrected chi connectivity index (χ2v) is 5.30. The first-order valence-corrected chi connectivity index (χ1v) is 7.23. The van der Waals surface area contributed by atoms with Crippen molar-refractivity contribution in [1.29, 1.82) is 0 Å². The maximum Gasteiger partial charge on any atom is 0.132 e. The Labute approximate surface area is 119 Å². The Morgan fingerprint density at radius 1 is 1.25 bits per heavy atom. The largest absolute Gasteiger partial charge is 0.370 e. The maximum atomic E-state index is 4.71. The van der Waals surface area contributed by atoms with Crippen LogP contribution in [0.4, 0.5) is 5.82 Å². The van der Waals surface area contributed by atoms with E-state index in [-0.39, 0.29) is 0 Å². The highest BCUT2D eigenvalue weighted by Crippen LogP contribution is 2.37. The molecule has 0 bridgehead atoms. The molecule has 3 rings (SSSR count). The summed E-state index contributed by atoms with van der Waals surface area (Å²) in [5.74, 6) is 2.09. The smallest absolute Gasteiger partial charge is 0.132 e. The van der Waals surface area contributed by atoms with Crippen LogP contribution in [0.25, 0.3) is 0 Å². The molecule has 1 aliphatic rings. The zero-order valence-corrected chi connectivity index (χ0v) is 12.3. The first-order valence-electron chi connectivity index (χ1n) is 7.23. The molecule has 0 aliphatic heterocycles. The van der Waals surface area contributed by atoms with Crippen LogP contribution in [-0.2, 0) is 6.42 Å². The second kappa shape index (κ2) is 5.19. The fourth-order valence-electron chi connectivity index (χ4n) is 3.01. The Morgan fingerprint density at radius 2 is 2.10 bits per heavy atom. The van der Waals surface area contributed by atoms with E-state index in [2.05, 4.69) is 35.2 Å². The van der Waals surface area contributed by atoms with Crippen molar-refractivity contribution in [3.05, 3.63) is 46.7 Å². The zero-order valence-electron chi connectivity index (χ0n) is 12.3. The highest BCUT2D eigenvalue weighted by Gasteiger charge is 2.28. The van der Waals surface area contributed by atoms with Gasteiger partial charge in [0.15, 0.2) is 0 Å². The molecule has 2 heterocycles. The molecule has 4 nitrogen and oxygen atoms in total. The SMILES string of the molecule is CCNc1nc(C)nc(C2CCc3cccnc32)c1C. The number of rotatable bonds is 3. The normalized spacial score (nSPS) is 17.1. The molecule has 4 heteroatoms. The molecule has 1 unspecified atom stereocenters. The van der Waals surface area contributed by atoms with Gasteiger partial charge in [-0.15, -0.1) is 0 Å². The van der Waals surface area contributed by atoms with Crippen molar-refractivity contribution in [2.45, 2.75) is 39.5 Å². The summed E-state index contributed by atoms with van der Waals surface area (Å²) in [6, 6.07) is 4.19. The molecule has 0 saturated heterocycles. The molecule has 0 saturated carbocycles. The van der Waals surface area contributed by atoms with Crippen LogP contribution in [0.15, 0.2) is 18.3 Å². The molecule has 2 aromatic rings. The van der Waals surface area contributed by atoms with Gasteiger partial charge >= 0.3 is 0 Å². The number of anilines is 1. The van der Waals surface area contributed by atoms with E-state index in [1.807, 2.05) is 19.2 Å². The number of hydrogen-bond acceptors (Lipinski definition) is 4. The lowest BCUT2D eigenvalue weighted by molar-refractivity contribution is 0.728. The summed E-state index contributed by atoms with van der Waals surface area (Å²) in [6.07, 6.45) is 4.06. The molecule has 1 aliphatic carbocycles. The lowest BCUT2D eigenvalue weighted by Crippen LogP contribution is -2.11. The maximum absolute atomic E-state index is 4.71. The minimum Gasteiger partial charge on any atom is -0.370 e. The van der Waals surface area contributed by atoms with Gasteiger partial charge in [0.05, 0.1) is 11.4 Å². The van der Waals surface area contributed by atoms with Crippen molar-refractivity contribution in [2.75, 3.05) is 11.9 Å². The Balaban J connectivity index is 2.07. The summed E-state index contributed by atoms with van der Waals surface area (Å²) in [6.45, 7) is 7.02. The molecular formula is C16H20N4. The van der Waals surface area contributed by atoms with Gasteiger partial charge in [-0.3, -0.25) is 4.98 Å². The van der Waals surface area contributed by atoms with Crippen molar-refractivity contribution in [2.24, 2.45) is 0 Å². The van der Waals surface area contributed by atoms with Gasteiger partial charge in [0.2, 0.25) is 0 Å². The number of nitrogens with one attached hydrogen (secondary N) is 1. The monoisotopic (exact) mass is 268 g/mol. The van der Waals surface area contributed by atoms with E-state index < -0.39 is 0 Å². The molecule has 0 radical (unpaired) electrons. The number of aryl methyl sites for hydroxylation is 2. The van der Waals surface area contributed by atoms with Gasteiger partial charge in [0, 0.05) is 24.2 Å². The van der Waals surface area contributed by atoms with E-state index in [0.717, 1.165) is 42.3 Å². The minimum absolute atomic E-state index is 0.310. The topological polar surface area (TPSA) is 50.7 Å². The van der Waals surface area contributed by atoms with E-state index in [1.54, 1.807) is 0 Å². The van der Waals surface area contributed by atoms with Crippen LogP contribution in [-0.4, -0.2) is 21.5 Å². The summed E-state index contributed by atoms with van der Waals surface area (Å²) in [4.78, 5) is 13.8. The van der Waals surface area contributed by atoms with Crippen LogP contribution in [0.1, 0.15) is 47.6 Å². The molecule has 0 spiro atoms. The molecule has 1 N–H and O–H groups in total. The minimum atomic E-state index is 0.310. The lowest BCUT2D eigenvalue weighted by atomic mass is 9.98. The third-order valence-corrected chi connectivity index (χ3v) is 3.93. The highest BCUT2D eigenvalue weighted by molar-refractivity contribution is 5.49. The van der Waals surface area contributed by atoms with E-state index in [1.165, 1.54) is 11.3 Å². The fraction of sp³-hybridized carbons (Fsp3) is 0.438. The van der Waals surface area contributed by atoms with Crippen LogP contribution >= 0.6 is 0 Å². The Morgan fingerprint density at radius 3 is 2.90 bits per heavy atom.